The van der Waals surface area contributed by atoms with Crippen LogP contribution in [0.3, 0.4) is 0 Å². The fourth-order valence-corrected chi connectivity index (χ4v) is 3.05. The number of benzene rings is 1. The summed E-state index contributed by atoms with van der Waals surface area (Å²) < 4.78 is 0. The molecule has 0 unspecified atom stereocenters. The van der Waals surface area contributed by atoms with Gasteiger partial charge in [0.15, 0.2) is 0 Å². The Balaban J connectivity index is 1.65. The standard InChI is InChI=1S/C18H23N5/c1-13-11-12-20-18(21-13)23-17(19)22-16-9-7-15(8-10-16)14-5-3-2-4-6-14/h7-12,14H,2-6H2,1H3,(H3,19,20,21,22,23). The Morgan fingerprint density at radius 1 is 1.13 bits per heavy atom. The number of hydrogen-bond acceptors (Lipinski definition) is 3. The number of nitrogens with zero attached hydrogens (tertiary/aromatic N) is 3. The lowest BCUT2D eigenvalue weighted by molar-refractivity contribution is 0.443. The number of nitrogens with one attached hydrogen (secondary N) is 1. The largest absolute Gasteiger partial charge is 0.369 e. The second kappa shape index (κ2) is 7.22. The van der Waals surface area contributed by atoms with Gasteiger partial charge in [0.25, 0.3) is 5.95 Å². The van der Waals surface area contributed by atoms with Gasteiger partial charge in [-0.3, -0.25) is 0 Å². The molecule has 120 valence electrons. The van der Waals surface area contributed by atoms with Gasteiger partial charge in [0.05, 0.1) is 0 Å². The van der Waals surface area contributed by atoms with Crippen LogP contribution in [0.2, 0.25) is 0 Å². The van der Waals surface area contributed by atoms with Crippen LogP contribution >= 0.6 is 0 Å². The third-order valence-corrected chi connectivity index (χ3v) is 4.26. The molecule has 0 aliphatic heterocycles. The number of aliphatic imine (C=N–C) groups is 1. The van der Waals surface area contributed by atoms with Crippen LogP contribution in [0, 0.1) is 6.92 Å². The first-order valence-electron chi connectivity index (χ1n) is 8.21. The Hall–Kier alpha value is -2.43. The van der Waals surface area contributed by atoms with Gasteiger partial charge in [-0.05, 0) is 49.4 Å². The maximum Gasteiger partial charge on any atom is 0.252 e. The summed E-state index contributed by atoms with van der Waals surface area (Å²) in [5, 5.41) is 3.09. The van der Waals surface area contributed by atoms with Crippen LogP contribution in [0.15, 0.2) is 41.5 Å². The highest BCUT2D eigenvalue weighted by molar-refractivity contribution is 5.93. The number of aromatic nitrogens is 2. The molecule has 1 aliphatic rings. The van der Waals surface area contributed by atoms with Gasteiger partial charge in [-0.15, -0.1) is 0 Å². The van der Waals surface area contributed by atoms with Crippen molar-refractivity contribution in [1.82, 2.24) is 9.97 Å². The van der Waals surface area contributed by atoms with Gasteiger partial charge >= 0.3 is 0 Å². The molecule has 1 saturated carbocycles. The average molecular weight is 309 g/mol. The molecule has 0 radical (unpaired) electrons. The van der Waals surface area contributed by atoms with Crippen LogP contribution in [0.1, 0.15) is 49.3 Å². The zero-order valence-corrected chi connectivity index (χ0v) is 13.5. The van der Waals surface area contributed by atoms with E-state index in [1.165, 1.54) is 37.7 Å². The third kappa shape index (κ3) is 4.28. The van der Waals surface area contributed by atoms with E-state index < -0.39 is 0 Å². The van der Waals surface area contributed by atoms with Crippen molar-refractivity contribution in [2.24, 2.45) is 10.7 Å². The summed E-state index contributed by atoms with van der Waals surface area (Å²) in [5.41, 5.74) is 9.14. The Morgan fingerprint density at radius 2 is 1.87 bits per heavy atom. The van der Waals surface area contributed by atoms with E-state index in [4.69, 9.17) is 5.73 Å². The van der Waals surface area contributed by atoms with E-state index >= 15 is 0 Å². The Morgan fingerprint density at radius 3 is 2.57 bits per heavy atom. The molecule has 1 aliphatic carbocycles. The minimum absolute atomic E-state index is 0.293. The van der Waals surface area contributed by atoms with Crippen molar-refractivity contribution >= 4 is 17.6 Å². The lowest BCUT2D eigenvalue weighted by Crippen LogP contribution is -2.22. The van der Waals surface area contributed by atoms with Gasteiger partial charge in [0, 0.05) is 17.6 Å². The molecule has 1 aromatic carbocycles. The molecule has 3 rings (SSSR count). The molecular formula is C18H23N5. The van der Waals surface area contributed by atoms with Crippen LogP contribution in [0.25, 0.3) is 0 Å². The monoisotopic (exact) mass is 309 g/mol. The number of rotatable bonds is 3. The van der Waals surface area contributed by atoms with Crippen LogP contribution in [-0.2, 0) is 0 Å². The maximum atomic E-state index is 5.93. The van der Waals surface area contributed by atoms with Crippen LogP contribution in [0.5, 0.6) is 0 Å². The zero-order chi connectivity index (χ0) is 16.1. The molecular weight excluding hydrogens is 286 g/mol. The van der Waals surface area contributed by atoms with E-state index in [1.54, 1.807) is 6.20 Å². The number of hydrogen-bond donors (Lipinski definition) is 2. The van der Waals surface area contributed by atoms with Crippen molar-refractivity contribution < 1.29 is 0 Å². The number of aryl methyl sites for hydroxylation is 1. The highest BCUT2D eigenvalue weighted by Crippen LogP contribution is 2.32. The SMILES string of the molecule is Cc1ccnc(/N=C(\N)Nc2ccc(C3CCCCC3)cc2)n1. The van der Waals surface area contributed by atoms with Crippen molar-refractivity contribution in [3.8, 4) is 0 Å². The summed E-state index contributed by atoms with van der Waals surface area (Å²) >= 11 is 0. The van der Waals surface area contributed by atoms with Gasteiger partial charge < -0.3 is 11.1 Å². The molecule has 2 aromatic rings. The summed E-state index contributed by atoms with van der Waals surface area (Å²) in [5.74, 6) is 1.37. The molecule has 1 fully saturated rings. The van der Waals surface area contributed by atoms with Crippen LogP contribution in [-0.4, -0.2) is 15.9 Å². The van der Waals surface area contributed by atoms with Gasteiger partial charge in [0.1, 0.15) is 0 Å². The predicted molar refractivity (Wildman–Crippen MR) is 93.9 cm³/mol. The normalized spacial score (nSPS) is 16.3. The van der Waals surface area contributed by atoms with Crippen molar-refractivity contribution in [2.45, 2.75) is 44.9 Å². The summed E-state index contributed by atoms with van der Waals surface area (Å²) in [6.07, 6.45) is 8.36. The second-order valence-electron chi connectivity index (χ2n) is 6.08. The van der Waals surface area contributed by atoms with Crippen molar-refractivity contribution in [3.63, 3.8) is 0 Å². The molecule has 0 saturated heterocycles. The van der Waals surface area contributed by atoms with Crippen LogP contribution < -0.4 is 11.1 Å². The summed E-state index contributed by atoms with van der Waals surface area (Å²) in [6, 6.07) is 10.3. The lowest BCUT2D eigenvalue weighted by Gasteiger charge is -2.22. The lowest BCUT2D eigenvalue weighted by atomic mass is 9.84. The number of guanidine groups is 1. The van der Waals surface area contributed by atoms with E-state index in [2.05, 4.69) is 44.5 Å². The molecule has 5 nitrogen and oxygen atoms in total. The average Bonchev–Trinajstić information content (AvgIpc) is 2.56. The second-order valence-corrected chi connectivity index (χ2v) is 6.08. The fourth-order valence-electron chi connectivity index (χ4n) is 3.05. The molecule has 0 bridgehead atoms. The first-order chi connectivity index (χ1) is 11.2. The number of nitrogens with two attached hydrogens (primary N) is 1. The van der Waals surface area contributed by atoms with E-state index in [0.717, 1.165) is 11.4 Å². The Bertz CT molecular complexity index is 672. The summed E-state index contributed by atoms with van der Waals surface area (Å²) in [6.45, 7) is 1.90. The topological polar surface area (TPSA) is 76.2 Å². The summed E-state index contributed by atoms with van der Waals surface area (Å²) in [7, 11) is 0. The molecule has 3 N–H and O–H groups in total. The van der Waals surface area contributed by atoms with E-state index in [-0.39, 0.29) is 0 Å². The quantitative estimate of drug-likeness (QED) is 0.666. The molecule has 1 heterocycles. The van der Waals surface area contributed by atoms with Gasteiger partial charge in [-0.25, -0.2) is 9.97 Å². The van der Waals surface area contributed by atoms with Gasteiger partial charge in [0.2, 0.25) is 5.96 Å². The van der Waals surface area contributed by atoms with Crippen molar-refractivity contribution in [2.75, 3.05) is 5.32 Å². The molecule has 23 heavy (non-hydrogen) atoms. The molecule has 0 atom stereocenters. The minimum atomic E-state index is 0.293. The maximum absolute atomic E-state index is 5.93. The molecule has 5 heteroatoms. The highest BCUT2D eigenvalue weighted by atomic mass is 15.2. The highest BCUT2D eigenvalue weighted by Gasteiger charge is 2.15. The van der Waals surface area contributed by atoms with E-state index in [9.17, 15) is 0 Å². The Kier molecular flexibility index (Phi) is 4.86. The fraction of sp³-hybridized carbons (Fsp3) is 0.389. The van der Waals surface area contributed by atoms with Gasteiger partial charge in [-0.2, -0.15) is 4.99 Å². The van der Waals surface area contributed by atoms with Crippen molar-refractivity contribution in [1.29, 1.82) is 0 Å². The smallest absolute Gasteiger partial charge is 0.252 e. The molecule has 0 amide bonds. The van der Waals surface area contributed by atoms with Gasteiger partial charge in [-0.1, -0.05) is 31.4 Å². The van der Waals surface area contributed by atoms with E-state index in [0.29, 0.717) is 17.8 Å². The third-order valence-electron chi connectivity index (χ3n) is 4.26. The zero-order valence-electron chi connectivity index (χ0n) is 13.5. The predicted octanol–water partition coefficient (Wildman–Crippen LogP) is 3.89. The van der Waals surface area contributed by atoms with Crippen LogP contribution in [0.4, 0.5) is 11.6 Å². The summed E-state index contributed by atoms with van der Waals surface area (Å²) in [4.78, 5) is 12.5. The first-order valence-corrected chi connectivity index (χ1v) is 8.21. The van der Waals surface area contributed by atoms with E-state index in [1.807, 2.05) is 13.0 Å². The molecule has 1 aromatic heterocycles. The Labute approximate surface area is 137 Å². The molecule has 0 spiro atoms. The van der Waals surface area contributed by atoms with Crippen molar-refractivity contribution in [3.05, 3.63) is 47.8 Å². The minimum Gasteiger partial charge on any atom is -0.369 e. The first kappa shape index (κ1) is 15.5. The number of anilines is 1.